The minimum atomic E-state index is -3.41. The largest absolute Gasteiger partial charge is 0.244 e. The van der Waals surface area contributed by atoms with E-state index in [1.807, 2.05) is 6.92 Å². The highest BCUT2D eigenvalue weighted by atomic mass is 79.9. The highest BCUT2D eigenvalue weighted by Gasteiger charge is 2.39. The van der Waals surface area contributed by atoms with Gasteiger partial charge in [0.15, 0.2) is 0 Å². The number of hydrogen-bond donors (Lipinski definition) is 0. The number of halogens is 2. The zero-order valence-electron chi connectivity index (χ0n) is 10.2. The van der Waals surface area contributed by atoms with Gasteiger partial charge >= 0.3 is 0 Å². The van der Waals surface area contributed by atoms with Crippen LogP contribution in [0.5, 0.6) is 0 Å². The molecule has 1 aromatic heterocycles. The number of sulfonamides is 1. The fourth-order valence-electron chi connectivity index (χ4n) is 2.31. The van der Waals surface area contributed by atoms with Crippen LogP contribution in [0.3, 0.4) is 0 Å². The Morgan fingerprint density at radius 2 is 2.28 bits per heavy atom. The number of thiophene rings is 1. The molecule has 0 radical (unpaired) electrons. The average molecular weight is 373 g/mol. The van der Waals surface area contributed by atoms with E-state index in [2.05, 4.69) is 22.9 Å². The van der Waals surface area contributed by atoms with Gasteiger partial charge in [-0.1, -0.05) is 6.92 Å². The highest BCUT2D eigenvalue weighted by Crippen LogP contribution is 2.36. The SMILES string of the molecule is Cc1sc(Br)cc1S(=O)(=O)N1CCC(C)C1CCl. The van der Waals surface area contributed by atoms with Crippen LogP contribution in [0.1, 0.15) is 18.2 Å². The van der Waals surface area contributed by atoms with Gasteiger partial charge < -0.3 is 0 Å². The first-order valence-corrected chi connectivity index (χ1v) is 9.30. The number of rotatable bonds is 3. The molecule has 2 unspecified atom stereocenters. The molecule has 18 heavy (non-hydrogen) atoms. The molecule has 2 heterocycles. The van der Waals surface area contributed by atoms with Gasteiger partial charge in [0.1, 0.15) is 0 Å². The third-order valence-electron chi connectivity index (χ3n) is 3.42. The Morgan fingerprint density at radius 1 is 1.61 bits per heavy atom. The summed E-state index contributed by atoms with van der Waals surface area (Å²) in [5.41, 5.74) is 0. The molecule has 7 heteroatoms. The van der Waals surface area contributed by atoms with Crippen molar-refractivity contribution in [2.75, 3.05) is 12.4 Å². The van der Waals surface area contributed by atoms with Gasteiger partial charge in [0.25, 0.3) is 0 Å². The maximum absolute atomic E-state index is 12.6. The topological polar surface area (TPSA) is 37.4 Å². The van der Waals surface area contributed by atoms with E-state index in [1.165, 1.54) is 11.3 Å². The Balaban J connectivity index is 2.40. The second-order valence-electron chi connectivity index (χ2n) is 4.57. The first-order valence-electron chi connectivity index (χ1n) is 5.71. The van der Waals surface area contributed by atoms with Crippen molar-refractivity contribution in [3.05, 3.63) is 14.7 Å². The van der Waals surface area contributed by atoms with Crippen molar-refractivity contribution in [3.63, 3.8) is 0 Å². The molecular weight excluding hydrogens is 358 g/mol. The summed E-state index contributed by atoms with van der Waals surface area (Å²) < 4.78 is 27.7. The molecule has 2 rings (SSSR count). The smallest absolute Gasteiger partial charge is 0.207 e. The maximum Gasteiger partial charge on any atom is 0.244 e. The van der Waals surface area contributed by atoms with Crippen molar-refractivity contribution < 1.29 is 8.42 Å². The van der Waals surface area contributed by atoms with Crippen LogP contribution in [0.2, 0.25) is 0 Å². The summed E-state index contributed by atoms with van der Waals surface area (Å²) in [5.74, 6) is 0.671. The summed E-state index contributed by atoms with van der Waals surface area (Å²) in [7, 11) is -3.41. The molecule has 0 bridgehead atoms. The molecule has 2 atom stereocenters. The lowest BCUT2D eigenvalue weighted by Crippen LogP contribution is -2.38. The van der Waals surface area contributed by atoms with Crippen LogP contribution < -0.4 is 0 Å². The van der Waals surface area contributed by atoms with Gasteiger partial charge in [-0.15, -0.1) is 22.9 Å². The normalized spacial score (nSPS) is 25.8. The Morgan fingerprint density at radius 3 is 2.78 bits per heavy atom. The molecule has 1 aliphatic rings. The lowest BCUT2D eigenvalue weighted by molar-refractivity contribution is 0.375. The lowest BCUT2D eigenvalue weighted by atomic mass is 10.1. The summed E-state index contributed by atoms with van der Waals surface area (Å²) in [4.78, 5) is 1.22. The Kier molecular flexibility index (Phi) is 4.44. The van der Waals surface area contributed by atoms with E-state index in [1.54, 1.807) is 10.4 Å². The molecule has 0 amide bonds. The number of hydrogen-bond acceptors (Lipinski definition) is 3. The standard InChI is InChI=1S/C11H15BrClNO2S2/c1-7-3-4-14(9(7)6-13)18(15,16)10-5-11(12)17-8(10)2/h5,7,9H,3-4,6H2,1-2H3. The Hall–Kier alpha value is 0.380. The van der Waals surface area contributed by atoms with Gasteiger partial charge in [-0.2, -0.15) is 4.31 Å². The van der Waals surface area contributed by atoms with Crippen molar-refractivity contribution in [2.24, 2.45) is 5.92 Å². The van der Waals surface area contributed by atoms with Gasteiger partial charge in [0.05, 0.1) is 8.68 Å². The lowest BCUT2D eigenvalue weighted by Gasteiger charge is -2.24. The van der Waals surface area contributed by atoms with Crippen LogP contribution >= 0.6 is 38.9 Å². The minimum Gasteiger partial charge on any atom is -0.207 e. The van der Waals surface area contributed by atoms with Crippen LogP contribution in [-0.2, 0) is 10.0 Å². The van der Waals surface area contributed by atoms with Gasteiger partial charge in [-0.3, -0.25) is 0 Å². The monoisotopic (exact) mass is 371 g/mol. The molecule has 3 nitrogen and oxygen atoms in total. The van der Waals surface area contributed by atoms with Crippen LogP contribution in [0.15, 0.2) is 14.7 Å². The molecule has 0 spiro atoms. The van der Waals surface area contributed by atoms with E-state index >= 15 is 0 Å². The van der Waals surface area contributed by atoms with Crippen molar-refractivity contribution >= 4 is 48.9 Å². The predicted molar refractivity (Wildman–Crippen MR) is 78.9 cm³/mol. The fraction of sp³-hybridized carbons (Fsp3) is 0.636. The second-order valence-corrected chi connectivity index (χ2v) is 9.38. The average Bonchev–Trinajstić information content (AvgIpc) is 2.82. The van der Waals surface area contributed by atoms with Gasteiger partial charge in [0, 0.05) is 23.3 Å². The highest BCUT2D eigenvalue weighted by molar-refractivity contribution is 9.11. The number of alkyl halides is 1. The van der Waals surface area contributed by atoms with Gasteiger partial charge in [0.2, 0.25) is 10.0 Å². The molecule has 1 aliphatic heterocycles. The number of aryl methyl sites for hydroxylation is 1. The van der Waals surface area contributed by atoms with E-state index in [4.69, 9.17) is 11.6 Å². The summed E-state index contributed by atoms with van der Waals surface area (Å²) in [6.07, 6.45) is 0.876. The molecule has 0 aliphatic carbocycles. The zero-order chi connectivity index (χ0) is 13.5. The van der Waals surface area contributed by atoms with E-state index in [0.717, 1.165) is 15.1 Å². The minimum absolute atomic E-state index is 0.0882. The molecule has 1 fully saturated rings. The molecular formula is C11H15BrClNO2S2. The van der Waals surface area contributed by atoms with Crippen molar-refractivity contribution in [3.8, 4) is 0 Å². The summed E-state index contributed by atoms with van der Waals surface area (Å²) in [5, 5.41) is 0. The van der Waals surface area contributed by atoms with Crippen LogP contribution in [0.4, 0.5) is 0 Å². The number of nitrogens with zero attached hydrogens (tertiary/aromatic N) is 1. The molecule has 0 saturated carbocycles. The van der Waals surface area contributed by atoms with Crippen molar-refractivity contribution in [2.45, 2.75) is 31.2 Å². The van der Waals surface area contributed by atoms with E-state index in [-0.39, 0.29) is 6.04 Å². The molecule has 0 aromatic carbocycles. The Bertz CT molecular complexity index is 543. The molecule has 0 N–H and O–H groups in total. The first kappa shape index (κ1) is 14.8. The molecule has 1 aromatic rings. The van der Waals surface area contributed by atoms with Crippen LogP contribution in [0.25, 0.3) is 0 Å². The van der Waals surface area contributed by atoms with Gasteiger partial charge in [-0.25, -0.2) is 8.42 Å². The summed E-state index contributed by atoms with van der Waals surface area (Å²) in [6.45, 7) is 4.45. The second kappa shape index (κ2) is 5.40. The third kappa shape index (κ3) is 2.50. The van der Waals surface area contributed by atoms with E-state index < -0.39 is 10.0 Å². The zero-order valence-corrected chi connectivity index (χ0v) is 14.2. The van der Waals surface area contributed by atoms with Crippen LogP contribution in [0, 0.1) is 12.8 Å². The first-order chi connectivity index (χ1) is 8.37. The Labute approximate surface area is 125 Å². The molecule has 1 saturated heterocycles. The van der Waals surface area contributed by atoms with Crippen molar-refractivity contribution in [1.82, 2.24) is 4.31 Å². The maximum atomic E-state index is 12.6. The summed E-state index contributed by atoms with van der Waals surface area (Å²) in [6, 6.07) is 1.60. The fourth-order valence-corrected chi connectivity index (χ4v) is 6.99. The van der Waals surface area contributed by atoms with Crippen LogP contribution in [-0.4, -0.2) is 31.2 Å². The predicted octanol–water partition coefficient (Wildman–Crippen LogP) is 3.46. The van der Waals surface area contributed by atoms with Crippen molar-refractivity contribution in [1.29, 1.82) is 0 Å². The summed E-state index contributed by atoms with van der Waals surface area (Å²) >= 11 is 10.7. The quantitative estimate of drug-likeness (QED) is 0.762. The van der Waals surface area contributed by atoms with Gasteiger partial charge in [-0.05, 0) is 41.3 Å². The third-order valence-corrected chi connectivity index (χ3v) is 7.47. The van der Waals surface area contributed by atoms with E-state index in [9.17, 15) is 8.42 Å². The van der Waals surface area contributed by atoms with E-state index in [0.29, 0.717) is 23.2 Å². The molecule has 102 valence electrons.